The zero-order chi connectivity index (χ0) is 28.3. The van der Waals surface area contributed by atoms with Crippen molar-refractivity contribution >= 4 is 17.7 Å². The first-order valence-electron chi connectivity index (χ1n) is 10.2. The van der Waals surface area contributed by atoms with Crippen LogP contribution >= 0.6 is 0 Å². The molecule has 0 saturated heterocycles. The molecule has 1 aliphatic carbocycles. The van der Waals surface area contributed by atoms with Crippen LogP contribution in [-0.2, 0) is 36.0 Å². The predicted molar refractivity (Wildman–Crippen MR) is 113 cm³/mol. The van der Waals surface area contributed by atoms with Crippen LogP contribution in [0.5, 0.6) is 0 Å². The summed E-state index contributed by atoms with van der Waals surface area (Å²) in [5, 5.41) is 8.49. The third kappa shape index (κ3) is 6.95. The fourth-order valence-electron chi connectivity index (χ4n) is 3.17. The van der Waals surface area contributed by atoms with E-state index in [1.165, 1.54) is 0 Å². The van der Waals surface area contributed by atoms with E-state index in [0.717, 1.165) is 26.2 Å². The van der Waals surface area contributed by atoms with E-state index in [1.54, 1.807) is 0 Å². The summed E-state index contributed by atoms with van der Waals surface area (Å²) in [6.45, 7) is 0. The maximum Gasteiger partial charge on any atom is 0.431 e. The van der Waals surface area contributed by atoms with Gasteiger partial charge in [-0.3, -0.25) is 14.4 Å². The first-order valence-corrected chi connectivity index (χ1v) is 10.2. The van der Waals surface area contributed by atoms with E-state index in [1.807, 2.05) is 0 Å². The Labute approximate surface area is 203 Å². The number of aromatic nitrogens is 2. The Hall–Kier alpha value is -4.17. The van der Waals surface area contributed by atoms with Crippen LogP contribution < -0.4 is 11.1 Å². The minimum Gasteiger partial charge on any atom is -0.477 e. The second-order valence-electron chi connectivity index (χ2n) is 7.61. The molecule has 0 fully saturated rings. The predicted octanol–water partition coefficient (Wildman–Crippen LogP) is 3.30. The quantitative estimate of drug-likeness (QED) is 0.472. The van der Waals surface area contributed by atoms with Gasteiger partial charge in [-0.2, -0.15) is 26.3 Å². The van der Waals surface area contributed by atoms with Gasteiger partial charge in [-0.1, -0.05) is 0 Å². The SMILES string of the molecule is Cn1c(C(F)(F)F)ccc(C(=O)O)c1=O.Cn1c(C(F)(F)F)ccc(C(=O)OC2=CC(=O)CCC2)c1=O. The van der Waals surface area contributed by atoms with Gasteiger partial charge in [0.05, 0.1) is 0 Å². The molecule has 3 rings (SSSR count). The van der Waals surface area contributed by atoms with Crippen molar-refractivity contribution < 1.29 is 50.6 Å². The van der Waals surface area contributed by atoms with Crippen LogP contribution in [-0.4, -0.2) is 32.0 Å². The van der Waals surface area contributed by atoms with Gasteiger partial charge in [-0.15, -0.1) is 0 Å². The van der Waals surface area contributed by atoms with Gasteiger partial charge in [0.2, 0.25) is 0 Å². The van der Waals surface area contributed by atoms with Crippen molar-refractivity contribution in [1.29, 1.82) is 0 Å². The molecule has 0 unspecified atom stereocenters. The molecule has 200 valence electrons. The molecule has 0 radical (unpaired) electrons. The van der Waals surface area contributed by atoms with Crippen molar-refractivity contribution in [1.82, 2.24) is 9.13 Å². The van der Waals surface area contributed by atoms with Crippen molar-refractivity contribution in [2.75, 3.05) is 0 Å². The average molecular weight is 536 g/mol. The lowest BCUT2D eigenvalue weighted by atomic mass is 10.1. The Kier molecular flexibility index (Phi) is 8.51. The Morgan fingerprint density at radius 2 is 1.27 bits per heavy atom. The number of rotatable bonds is 3. The number of allylic oxidation sites excluding steroid dienone is 2. The van der Waals surface area contributed by atoms with Gasteiger partial charge in [-0.05, 0) is 30.7 Å². The highest BCUT2D eigenvalue weighted by Gasteiger charge is 2.35. The summed E-state index contributed by atoms with van der Waals surface area (Å²) in [6.07, 6.45) is -6.99. The summed E-state index contributed by atoms with van der Waals surface area (Å²) >= 11 is 0. The molecule has 0 saturated carbocycles. The molecule has 0 amide bonds. The number of ether oxygens (including phenoxy) is 1. The van der Waals surface area contributed by atoms with Gasteiger partial charge in [0, 0.05) is 33.0 Å². The summed E-state index contributed by atoms with van der Waals surface area (Å²) in [4.78, 5) is 56.6. The minimum atomic E-state index is -4.70. The fourth-order valence-corrected chi connectivity index (χ4v) is 3.17. The fraction of sp³-hybridized carbons (Fsp3) is 0.318. The number of ketones is 1. The first kappa shape index (κ1) is 29.1. The number of halogens is 6. The number of pyridine rings is 2. The van der Waals surface area contributed by atoms with E-state index in [2.05, 4.69) is 0 Å². The topological polar surface area (TPSA) is 125 Å². The minimum absolute atomic E-state index is 0.114. The smallest absolute Gasteiger partial charge is 0.431 e. The number of carbonyl (C=O) groups excluding carboxylic acids is 2. The lowest BCUT2D eigenvalue weighted by molar-refractivity contribution is -0.144. The number of hydrogen-bond acceptors (Lipinski definition) is 6. The molecule has 15 heteroatoms. The molecule has 9 nitrogen and oxygen atoms in total. The van der Waals surface area contributed by atoms with Gasteiger partial charge in [0.25, 0.3) is 11.1 Å². The molecular weight excluding hydrogens is 518 g/mol. The van der Waals surface area contributed by atoms with Crippen LogP contribution in [0.1, 0.15) is 51.4 Å². The molecule has 37 heavy (non-hydrogen) atoms. The molecular formula is C22H18F6N2O7. The summed E-state index contributed by atoms with van der Waals surface area (Å²) < 4.78 is 80.3. The van der Waals surface area contributed by atoms with Gasteiger partial charge >= 0.3 is 24.3 Å². The maximum atomic E-state index is 12.7. The molecule has 0 aromatic carbocycles. The standard InChI is InChI=1S/C14H12F3NO4.C8H6F3NO3/c1-18-11(14(15,16)17)6-5-10(12(18)20)13(21)22-9-4-2-3-8(19)7-9;1-12-5(8(9,10)11)3-2-4(6(12)13)7(14)15/h5-7H,2-4H2,1H3;2-3H,1H3,(H,14,15). The van der Waals surface area contributed by atoms with Crippen molar-refractivity contribution in [2.45, 2.75) is 31.6 Å². The van der Waals surface area contributed by atoms with Gasteiger partial charge in [0.1, 0.15) is 28.3 Å². The molecule has 0 spiro atoms. The molecule has 0 aliphatic heterocycles. The number of aromatic carboxylic acids is 1. The Balaban J connectivity index is 0.000000281. The maximum absolute atomic E-state index is 12.7. The van der Waals surface area contributed by atoms with Gasteiger partial charge in [0.15, 0.2) is 5.78 Å². The number of hydrogen-bond donors (Lipinski definition) is 1. The lowest BCUT2D eigenvalue weighted by Gasteiger charge is -2.14. The highest BCUT2D eigenvalue weighted by Crippen LogP contribution is 2.28. The summed E-state index contributed by atoms with van der Waals surface area (Å²) in [5.41, 5.74) is -5.85. The van der Waals surface area contributed by atoms with E-state index in [0.29, 0.717) is 42.0 Å². The molecule has 0 atom stereocenters. The van der Waals surface area contributed by atoms with Crippen LogP contribution in [0.3, 0.4) is 0 Å². The van der Waals surface area contributed by atoms with Crippen LogP contribution in [0.15, 0.2) is 45.7 Å². The van der Waals surface area contributed by atoms with E-state index in [4.69, 9.17) is 9.84 Å². The van der Waals surface area contributed by atoms with Crippen LogP contribution in [0.25, 0.3) is 0 Å². The first-order chi connectivity index (χ1) is 16.9. The second kappa shape index (κ2) is 10.8. The number of carbonyl (C=O) groups is 3. The summed E-state index contributed by atoms with van der Waals surface area (Å²) in [7, 11) is 1.79. The van der Waals surface area contributed by atoms with E-state index in [9.17, 15) is 50.3 Å². The van der Waals surface area contributed by atoms with Crippen molar-refractivity contribution in [3.63, 3.8) is 0 Å². The van der Waals surface area contributed by atoms with Crippen molar-refractivity contribution in [2.24, 2.45) is 14.1 Å². The largest absolute Gasteiger partial charge is 0.477 e. The Bertz CT molecular complexity index is 1380. The number of carboxylic acid groups (broad SMARTS) is 1. The number of nitrogens with zero attached hydrogens (tertiary/aromatic N) is 2. The highest BCUT2D eigenvalue weighted by atomic mass is 19.4. The normalized spacial score (nSPS) is 13.8. The zero-order valence-corrected chi connectivity index (χ0v) is 19.1. The van der Waals surface area contributed by atoms with Crippen molar-refractivity contribution in [3.05, 3.63) is 79.3 Å². The number of alkyl halides is 6. The molecule has 2 heterocycles. The lowest BCUT2D eigenvalue weighted by Crippen LogP contribution is -2.30. The number of esters is 1. The average Bonchev–Trinajstić information content (AvgIpc) is 2.75. The monoisotopic (exact) mass is 536 g/mol. The Morgan fingerprint density at radius 3 is 1.70 bits per heavy atom. The highest BCUT2D eigenvalue weighted by molar-refractivity contribution is 5.93. The number of carboxylic acids is 1. The molecule has 0 bridgehead atoms. The van der Waals surface area contributed by atoms with Gasteiger partial charge in [-0.25, -0.2) is 9.59 Å². The van der Waals surface area contributed by atoms with E-state index in [-0.39, 0.29) is 16.1 Å². The van der Waals surface area contributed by atoms with Crippen LogP contribution in [0, 0.1) is 0 Å². The molecule has 1 N–H and O–H groups in total. The third-order valence-corrected chi connectivity index (χ3v) is 5.03. The molecule has 2 aromatic heterocycles. The van der Waals surface area contributed by atoms with Crippen LogP contribution in [0.2, 0.25) is 0 Å². The molecule has 2 aromatic rings. The van der Waals surface area contributed by atoms with E-state index >= 15 is 0 Å². The Morgan fingerprint density at radius 1 is 0.811 bits per heavy atom. The summed E-state index contributed by atoms with van der Waals surface area (Å²) in [5.74, 6) is -2.71. The zero-order valence-electron chi connectivity index (χ0n) is 19.1. The third-order valence-electron chi connectivity index (χ3n) is 5.03. The van der Waals surface area contributed by atoms with Gasteiger partial charge < -0.3 is 19.0 Å². The molecule has 1 aliphatic rings. The van der Waals surface area contributed by atoms with E-state index < -0.39 is 57.9 Å². The van der Waals surface area contributed by atoms with Crippen molar-refractivity contribution in [3.8, 4) is 0 Å². The second-order valence-corrected chi connectivity index (χ2v) is 7.61. The van der Waals surface area contributed by atoms with Crippen LogP contribution in [0.4, 0.5) is 26.3 Å². The summed E-state index contributed by atoms with van der Waals surface area (Å²) in [6, 6.07) is 2.62.